The molecule has 0 saturated heterocycles. The van der Waals surface area contributed by atoms with E-state index in [4.69, 9.17) is 0 Å². The largest absolute Gasteiger partial charge is 0.392 e. The second-order valence-corrected chi connectivity index (χ2v) is 2.96. The Morgan fingerprint density at radius 3 is 2.36 bits per heavy atom. The van der Waals surface area contributed by atoms with E-state index in [0.29, 0.717) is 6.42 Å². The molecule has 0 aliphatic rings. The molecule has 0 aromatic carbocycles. The van der Waals surface area contributed by atoms with Gasteiger partial charge in [0.25, 0.3) is 0 Å². The fraction of sp³-hybridized carbons (Fsp3) is 0.889. The Balaban J connectivity index is 3.80. The molecule has 0 radical (unpaired) electrons. The summed E-state index contributed by atoms with van der Waals surface area (Å²) in [7, 11) is 0. The maximum absolute atomic E-state index is 11.1. The standard InChI is InChI=1S/C9H18O2/c1-4-6-9(11)7(3)8(10)5-2/h7,9,11H,4-6H2,1-3H3/t7-,9-/m0/s1. The summed E-state index contributed by atoms with van der Waals surface area (Å²) in [5.74, 6) is -0.0223. The summed E-state index contributed by atoms with van der Waals surface area (Å²) in [4.78, 5) is 11.1. The third-order valence-corrected chi connectivity index (χ3v) is 2.02. The lowest BCUT2D eigenvalue weighted by Crippen LogP contribution is -2.24. The number of hydrogen-bond donors (Lipinski definition) is 1. The highest BCUT2D eigenvalue weighted by Gasteiger charge is 2.18. The molecular weight excluding hydrogens is 140 g/mol. The molecule has 0 saturated carbocycles. The van der Waals surface area contributed by atoms with Gasteiger partial charge in [0.15, 0.2) is 0 Å². The van der Waals surface area contributed by atoms with Crippen LogP contribution in [0.5, 0.6) is 0 Å². The van der Waals surface area contributed by atoms with E-state index < -0.39 is 6.10 Å². The Bertz CT molecular complexity index is 121. The van der Waals surface area contributed by atoms with Crippen LogP contribution < -0.4 is 0 Å². The SMILES string of the molecule is CCC[C@H](O)[C@@H](C)C(=O)CC. The highest BCUT2D eigenvalue weighted by Crippen LogP contribution is 2.11. The fourth-order valence-electron chi connectivity index (χ4n) is 1.08. The van der Waals surface area contributed by atoms with Crippen molar-refractivity contribution in [2.24, 2.45) is 5.92 Å². The lowest BCUT2D eigenvalue weighted by Gasteiger charge is -2.15. The molecular formula is C9H18O2. The van der Waals surface area contributed by atoms with Gasteiger partial charge in [0.05, 0.1) is 6.10 Å². The normalized spacial score (nSPS) is 16.0. The van der Waals surface area contributed by atoms with Crippen molar-refractivity contribution < 1.29 is 9.90 Å². The zero-order valence-electron chi connectivity index (χ0n) is 7.63. The number of carbonyl (C=O) groups excluding carboxylic acids is 1. The third kappa shape index (κ3) is 3.51. The summed E-state index contributed by atoms with van der Waals surface area (Å²) >= 11 is 0. The van der Waals surface area contributed by atoms with Gasteiger partial charge in [-0.1, -0.05) is 27.2 Å². The van der Waals surface area contributed by atoms with Crippen molar-refractivity contribution in [2.75, 3.05) is 0 Å². The average molecular weight is 158 g/mol. The molecule has 0 rings (SSSR count). The van der Waals surface area contributed by atoms with E-state index in [1.54, 1.807) is 6.92 Å². The van der Waals surface area contributed by atoms with Crippen LogP contribution in [-0.2, 0) is 4.79 Å². The monoisotopic (exact) mass is 158 g/mol. The molecule has 0 unspecified atom stereocenters. The van der Waals surface area contributed by atoms with E-state index in [1.165, 1.54) is 0 Å². The minimum Gasteiger partial charge on any atom is -0.392 e. The van der Waals surface area contributed by atoms with Crippen LogP contribution in [0.3, 0.4) is 0 Å². The highest BCUT2D eigenvalue weighted by atomic mass is 16.3. The lowest BCUT2D eigenvalue weighted by molar-refractivity contribution is -0.125. The fourth-order valence-corrected chi connectivity index (χ4v) is 1.08. The molecule has 2 nitrogen and oxygen atoms in total. The van der Waals surface area contributed by atoms with Gasteiger partial charge in [0.1, 0.15) is 5.78 Å². The quantitative estimate of drug-likeness (QED) is 0.662. The third-order valence-electron chi connectivity index (χ3n) is 2.02. The number of carbonyl (C=O) groups is 1. The van der Waals surface area contributed by atoms with E-state index in [-0.39, 0.29) is 11.7 Å². The van der Waals surface area contributed by atoms with Crippen LogP contribution in [0.25, 0.3) is 0 Å². The first-order chi connectivity index (χ1) is 5.13. The molecule has 0 amide bonds. The molecule has 0 aliphatic carbocycles. The number of ketones is 1. The lowest BCUT2D eigenvalue weighted by atomic mass is 9.95. The summed E-state index contributed by atoms with van der Waals surface area (Å²) in [6.07, 6.45) is 1.75. The van der Waals surface area contributed by atoms with E-state index in [2.05, 4.69) is 0 Å². The topological polar surface area (TPSA) is 37.3 Å². The molecule has 0 spiro atoms. The minimum atomic E-state index is -0.438. The smallest absolute Gasteiger partial charge is 0.138 e. The summed E-state index contributed by atoms with van der Waals surface area (Å²) in [5, 5.41) is 9.40. The van der Waals surface area contributed by atoms with Gasteiger partial charge in [-0.2, -0.15) is 0 Å². The van der Waals surface area contributed by atoms with Crippen LogP contribution in [0, 0.1) is 5.92 Å². The predicted octanol–water partition coefficient (Wildman–Crippen LogP) is 1.76. The van der Waals surface area contributed by atoms with Crippen molar-refractivity contribution in [1.29, 1.82) is 0 Å². The van der Waals surface area contributed by atoms with Crippen molar-refractivity contribution in [2.45, 2.75) is 46.1 Å². The Labute approximate surface area is 68.6 Å². The van der Waals surface area contributed by atoms with Crippen molar-refractivity contribution in [3.8, 4) is 0 Å². The first-order valence-corrected chi connectivity index (χ1v) is 4.34. The van der Waals surface area contributed by atoms with Crippen LogP contribution in [0.1, 0.15) is 40.0 Å². The number of Topliss-reactive ketones (excluding diaryl/α,β-unsaturated/α-hetero) is 1. The van der Waals surface area contributed by atoms with Crippen LogP contribution >= 0.6 is 0 Å². The second kappa shape index (κ2) is 5.30. The molecule has 1 N–H and O–H groups in total. The van der Waals surface area contributed by atoms with Gasteiger partial charge >= 0.3 is 0 Å². The zero-order valence-corrected chi connectivity index (χ0v) is 7.63. The summed E-state index contributed by atoms with van der Waals surface area (Å²) < 4.78 is 0. The Morgan fingerprint density at radius 1 is 1.45 bits per heavy atom. The summed E-state index contributed by atoms with van der Waals surface area (Å²) in [5.41, 5.74) is 0. The maximum atomic E-state index is 11.1. The molecule has 2 atom stereocenters. The van der Waals surface area contributed by atoms with E-state index in [0.717, 1.165) is 12.8 Å². The molecule has 2 heteroatoms. The first-order valence-electron chi connectivity index (χ1n) is 4.34. The van der Waals surface area contributed by atoms with Crippen LogP contribution in [0.15, 0.2) is 0 Å². The molecule has 0 aliphatic heterocycles. The number of aliphatic hydroxyl groups is 1. The van der Waals surface area contributed by atoms with Crippen molar-refractivity contribution in [3.05, 3.63) is 0 Å². The van der Waals surface area contributed by atoms with Gasteiger partial charge in [0, 0.05) is 12.3 Å². The van der Waals surface area contributed by atoms with Crippen molar-refractivity contribution >= 4 is 5.78 Å². The van der Waals surface area contributed by atoms with Crippen LogP contribution in [-0.4, -0.2) is 17.0 Å². The van der Waals surface area contributed by atoms with E-state index in [9.17, 15) is 9.90 Å². The first kappa shape index (κ1) is 10.6. The Hall–Kier alpha value is -0.370. The van der Waals surface area contributed by atoms with Gasteiger partial charge in [-0.3, -0.25) is 4.79 Å². The maximum Gasteiger partial charge on any atom is 0.138 e. The van der Waals surface area contributed by atoms with Crippen LogP contribution in [0.2, 0.25) is 0 Å². The van der Waals surface area contributed by atoms with Gasteiger partial charge in [-0.15, -0.1) is 0 Å². The molecule has 0 aromatic rings. The van der Waals surface area contributed by atoms with Gasteiger partial charge in [-0.25, -0.2) is 0 Å². The average Bonchev–Trinajstić information content (AvgIpc) is 2.02. The molecule has 66 valence electrons. The summed E-state index contributed by atoms with van der Waals surface area (Å²) in [6.45, 7) is 5.63. The summed E-state index contributed by atoms with van der Waals surface area (Å²) in [6, 6.07) is 0. The van der Waals surface area contributed by atoms with E-state index in [1.807, 2.05) is 13.8 Å². The highest BCUT2D eigenvalue weighted by molar-refractivity contribution is 5.80. The number of hydrogen-bond acceptors (Lipinski definition) is 2. The van der Waals surface area contributed by atoms with Gasteiger partial charge in [-0.05, 0) is 6.42 Å². The zero-order chi connectivity index (χ0) is 8.85. The van der Waals surface area contributed by atoms with Gasteiger partial charge < -0.3 is 5.11 Å². The van der Waals surface area contributed by atoms with Crippen LogP contribution in [0.4, 0.5) is 0 Å². The predicted molar refractivity (Wildman–Crippen MR) is 45.4 cm³/mol. The molecule has 0 heterocycles. The van der Waals surface area contributed by atoms with Crippen molar-refractivity contribution in [3.63, 3.8) is 0 Å². The number of aliphatic hydroxyl groups excluding tert-OH is 1. The van der Waals surface area contributed by atoms with Crippen molar-refractivity contribution in [1.82, 2.24) is 0 Å². The molecule has 0 bridgehead atoms. The second-order valence-electron chi connectivity index (χ2n) is 2.96. The molecule has 0 aromatic heterocycles. The van der Waals surface area contributed by atoms with E-state index >= 15 is 0 Å². The molecule has 0 fully saturated rings. The number of rotatable bonds is 5. The molecule has 11 heavy (non-hydrogen) atoms. The van der Waals surface area contributed by atoms with Gasteiger partial charge in [0.2, 0.25) is 0 Å². The Kier molecular flexibility index (Phi) is 5.12. The Morgan fingerprint density at radius 2 is 2.00 bits per heavy atom. The minimum absolute atomic E-state index is 0.158.